The van der Waals surface area contributed by atoms with Crippen LogP contribution in [0.4, 0.5) is 0 Å². The minimum absolute atomic E-state index is 0.199. The van der Waals surface area contributed by atoms with Crippen molar-refractivity contribution in [3.8, 4) is 11.5 Å². The summed E-state index contributed by atoms with van der Waals surface area (Å²) in [5, 5.41) is 8.68. The van der Waals surface area contributed by atoms with Gasteiger partial charge in [0.15, 0.2) is 0 Å². The number of unbranched alkanes of at least 4 members (excludes halogenated alkanes) is 1. The summed E-state index contributed by atoms with van der Waals surface area (Å²) in [6, 6.07) is 6.01. The first-order chi connectivity index (χ1) is 14.3. The molecule has 2 rings (SSSR count). The average molecular weight is 417 g/mol. The molecule has 2 unspecified atom stereocenters. The molecule has 1 N–H and O–H groups in total. The second kappa shape index (κ2) is 12.0. The first-order valence-electron chi connectivity index (χ1n) is 11.6. The summed E-state index contributed by atoms with van der Waals surface area (Å²) in [6.45, 7) is 9.64. The molecule has 0 spiro atoms. The van der Waals surface area contributed by atoms with E-state index < -0.39 is 5.97 Å². The van der Waals surface area contributed by atoms with Crippen LogP contribution in [0.15, 0.2) is 30.4 Å². The zero-order valence-electron chi connectivity index (χ0n) is 19.3. The van der Waals surface area contributed by atoms with E-state index in [0.717, 1.165) is 49.0 Å². The monoisotopic (exact) mass is 416 g/mol. The number of hydrogen-bond acceptors (Lipinski definition) is 3. The zero-order valence-corrected chi connectivity index (χ0v) is 19.3. The Morgan fingerprint density at radius 3 is 2.77 bits per heavy atom. The van der Waals surface area contributed by atoms with Crippen LogP contribution in [0.5, 0.6) is 11.5 Å². The largest absolute Gasteiger partial charge is 0.494 e. The zero-order chi connectivity index (χ0) is 22.0. The number of rotatable bonds is 13. The van der Waals surface area contributed by atoms with Crippen molar-refractivity contribution in [3.63, 3.8) is 0 Å². The highest BCUT2D eigenvalue weighted by Gasteiger charge is 2.29. The lowest BCUT2D eigenvalue weighted by atomic mass is 9.91. The normalized spacial score (nSPS) is 19.5. The van der Waals surface area contributed by atoms with E-state index in [-0.39, 0.29) is 12.0 Å². The number of fused-ring (bicyclic) bond motifs is 1. The summed E-state index contributed by atoms with van der Waals surface area (Å²) in [6.07, 6.45) is 13.1. The molecule has 0 fully saturated rings. The third-order valence-electron chi connectivity index (χ3n) is 5.81. The van der Waals surface area contributed by atoms with Crippen LogP contribution < -0.4 is 9.47 Å². The first-order valence-corrected chi connectivity index (χ1v) is 11.6. The molecule has 4 nitrogen and oxygen atoms in total. The van der Waals surface area contributed by atoms with Crippen LogP contribution >= 0.6 is 0 Å². The number of aryl methyl sites for hydroxylation is 1. The van der Waals surface area contributed by atoms with Gasteiger partial charge in [-0.25, -0.2) is 0 Å². The Labute approximate surface area is 182 Å². The summed E-state index contributed by atoms with van der Waals surface area (Å²) in [4.78, 5) is 10.5. The molecule has 0 saturated heterocycles. The van der Waals surface area contributed by atoms with Gasteiger partial charge in [0.25, 0.3) is 0 Å². The van der Waals surface area contributed by atoms with Crippen molar-refractivity contribution in [1.82, 2.24) is 0 Å². The Kier molecular flexibility index (Phi) is 9.74. The van der Waals surface area contributed by atoms with Crippen molar-refractivity contribution in [2.75, 3.05) is 6.61 Å². The van der Waals surface area contributed by atoms with Gasteiger partial charge in [0, 0.05) is 6.42 Å². The number of allylic oxidation sites excluding steroid dienone is 1. The molecule has 1 aromatic rings. The molecule has 0 bridgehead atoms. The maximum absolute atomic E-state index is 10.5. The Balaban J connectivity index is 1.79. The van der Waals surface area contributed by atoms with Crippen molar-refractivity contribution in [2.45, 2.75) is 91.1 Å². The van der Waals surface area contributed by atoms with Gasteiger partial charge in [-0.3, -0.25) is 4.79 Å². The van der Waals surface area contributed by atoms with E-state index in [1.54, 1.807) is 0 Å². The molecule has 0 radical (unpaired) electrons. The molecule has 1 heterocycles. The number of carboxylic acids is 1. The SMILES string of the molecule is CC(C)CCCC(C)CC=CC1(C)CCc2cc(OCCCCC(=O)O)ccc2O1. The highest BCUT2D eigenvalue weighted by atomic mass is 16.5. The van der Waals surface area contributed by atoms with Gasteiger partial charge < -0.3 is 14.6 Å². The van der Waals surface area contributed by atoms with Crippen LogP contribution in [-0.4, -0.2) is 23.3 Å². The van der Waals surface area contributed by atoms with E-state index in [4.69, 9.17) is 14.6 Å². The summed E-state index contributed by atoms with van der Waals surface area (Å²) in [5.41, 5.74) is 0.940. The maximum atomic E-state index is 10.5. The molecular formula is C26H40O4. The molecule has 2 atom stereocenters. The minimum atomic E-state index is -0.751. The van der Waals surface area contributed by atoms with Crippen LogP contribution in [0.1, 0.15) is 84.6 Å². The number of carboxylic acid groups (broad SMARTS) is 1. The van der Waals surface area contributed by atoms with E-state index in [1.807, 2.05) is 12.1 Å². The molecule has 1 aromatic carbocycles. The van der Waals surface area contributed by atoms with Gasteiger partial charge in [-0.15, -0.1) is 0 Å². The fourth-order valence-electron chi connectivity index (χ4n) is 3.85. The van der Waals surface area contributed by atoms with Gasteiger partial charge in [-0.05, 0) is 80.7 Å². The van der Waals surface area contributed by atoms with Crippen molar-refractivity contribution in [1.29, 1.82) is 0 Å². The third kappa shape index (κ3) is 8.81. The number of ether oxygens (including phenoxy) is 2. The molecule has 0 amide bonds. The lowest BCUT2D eigenvalue weighted by molar-refractivity contribution is -0.137. The highest BCUT2D eigenvalue weighted by Crippen LogP contribution is 2.36. The van der Waals surface area contributed by atoms with Crippen LogP contribution in [0.25, 0.3) is 0 Å². The Bertz CT molecular complexity index is 694. The summed E-state index contributed by atoms with van der Waals surface area (Å²) in [7, 11) is 0. The van der Waals surface area contributed by atoms with Gasteiger partial charge in [-0.1, -0.05) is 46.1 Å². The molecule has 168 valence electrons. The van der Waals surface area contributed by atoms with Crippen LogP contribution in [0.3, 0.4) is 0 Å². The van der Waals surface area contributed by atoms with Gasteiger partial charge in [0.1, 0.15) is 17.1 Å². The number of hydrogen-bond donors (Lipinski definition) is 1. The Morgan fingerprint density at radius 2 is 2.03 bits per heavy atom. The van der Waals surface area contributed by atoms with Crippen LogP contribution in [0, 0.1) is 11.8 Å². The van der Waals surface area contributed by atoms with Crippen LogP contribution in [-0.2, 0) is 11.2 Å². The summed E-state index contributed by atoms with van der Waals surface area (Å²) in [5.74, 6) is 2.54. The van der Waals surface area contributed by atoms with Gasteiger partial charge >= 0.3 is 5.97 Å². The smallest absolute Gasteiger partial charge is 0.303 e. The topological polar surface area (TPSA) is 55.8 Å². The van der Waals surface area contributed by atoms with Gasteiger partial charge in [-0.2, -0.15) is 0 Å². The van der Waals surface area contributed by atoms with Crippen molar-refractivity contribution in [3.05, 3.63) is 35.9 Å². The molecule has 30 heavy (non-hydrogen) atoms. The fourth-order valence-corrected chi connectivity index (χ4v) is 3.85. The van der Waals surface area contributed by atoms with Gasteiger partial charge in [0.2, 0.25) is 0 Å². The van der Waals surface area contributed by atoms with Crippen molar-refractivity contribution < 1.29 is 19.4 Å². The number of benzene rings is 1. The minimum Gasteiger partial charge on any atom is -0.494 e. The summed E-state index contributed by atoms with van der Waals surface area (Å²) >= 11 is 0. The predicted molar refractivity (Wildman–Crippen MR) is 122 cm³/mol. The Morgan fingerprint density at radius 1 is 1.23 bits per heavy atom. The maximum Gasteiger partial charge on any atom is 0.303 e. The average Bonchev–Trinajstić information content (AvgIpc) is 2.67. The van der Waals surface area contributed by atoms with E-state index in [1.165, 1.54) is 24.8 Å². The number of aliphatic carboxylic acids is 1. The summed E-state index contributed by atoms with van der Waals surface area (Å²) < 4.78 is 12.1. The predicted octanol–water partition coefficient (Wildman–Crippen LogP) is 6.81. The van der Waals surface area contributed by atoms with Crippen molar-refractivity contribution >= 4 is 5.97 Å². The second-order valence-electron chi connectivity index (χ2n) is 9.45. The standard InChI is InChI=1S/C26H40O4/c1-20(2)9-7-10-21(3)11-8-16-26(4)17-15-22-19-23(13-14-24(22)30-26)29-18-6-5-12-25(27)28/h8,13-14,16,19-21H,5-7,9-12,15,17-18H2,1-4H3,(H,27,28). The molecule has 0 aliphatic carbocycles. The van der Waals surface area contributed by atoms with E-state index in [9.17, 15) is 4.79 Å². The third-order valence-corrected chi connectivity index (χ3v) is 5.81. The lowest BCUT2D eigenvalue weighted by Gasteiger charge is -2.33. The van der Waals surface area contributed by atoms with E-state index in [0.29, 0.717) is 13.0 Å². The highest BCUT2D eigenvalue weighted by molar-refractivity contribution is 5.66. The lowest BCUT2D eigenvalue weighted by Crippen LogP contribution is -2.34. The fraction of sp³-hybridized carbons (Fsp3) is 0.654. The van der Waals surface area contributed by atoms with E-state index in [2.05, 4.69) is 45.9 Å². The molecule has 1 aliphatic heterocycles. The quantitative estimate of drug-likeness (QED) is 0.283. The molecular weight excluding hydrogens is 376 g/mol. The number of carbonyl (C=O) groups is 1. The first kappa shape index (κ1) is 24.3. The molecule has 0 aromatic heterocycles. The molecule has 0 saturated carbocycles. The molecule has 4 heteroatoms. The Hall–Kier alpha value is -1.97. The van der Waals surface area contributed by atoms with Crippen LogP contribution in [0.2, 0.25) is 0 Å². The second-order valence-corrected chi connectivity index (χ2v) is 9.45. The molecule has 1 aliphatic rings. The van der Waals surface area contributed by atoms with E-state index >= 15 is 0 Å². The van der Waals surface area contributed by atoms with Crippen molar-refractivity contribution in [2.24, 2.45) is 11.8 Å². The van der Waals surface area contributed by atoms with Gasteiger partial charge in [0.05, 0.1) is 6.61 Å².